The second kappa shape index (κ2) is 4.99. The van der Waals surface area contributed by atoms with Crippen LogP contribution in [-0.2, 0) is 13.1 Å². The van der Waals surface area contributed by atoms with Crippen molar-refractivity contribution in [1.82, 2.24) is 9.88 Å². The molecule has 94 valence electrons. The topological polar surface area (TPSA) is 17.0 Å². The Balaban J connectivity index is 1.61. The molecule has 0 atom stereocenters. The molecule has 1 aromatic heterocycles. The summed E-state index contributed by atoms with van der Waals surface area (Å²) in [7, 11) is 0. The van der Waals surface area contributed by atoms with Crippen molar-refractivity contribution in [1.29, 1.82) is 0 Å². The number of rotatable bonds is 5. The third-order valence-corrected chi connectivity index (χ3v) is 3.43. The molecule has 18 heavy (non-hydrogen) atoms. The van der Waals surface area contributed by atoms with Crippen molar-refractivity contribution in [3.8, 4) is 0 Å². The summed E-state index contributed by atoms with van der Waals surface area (Å²) in [6.45, 7) is 4.11. The van der Waals surface area contributed by atoms with Crippen molar-refractivity contribution in [3.05, 3.63) is 59.4 Å². The zero-order valence-corrected chi connectivity index (χ0v) is 10.9. The maximum absolute atomic E-state index is 3.55. The summed E-state index contributed by atoms with van der Waals surface area (Å²) < 4.78 is 2.26. The van der Waals surface area contributed by atoms with Gasteiger partial charge in [0.2, 0.25) is 0 Å². The average molecular weight is 240 g/mol. The molecule has 2 heteroatoms. The van der Waals surface area contributed by atoms with Crippen LogP contribution in [0.2, 0.25) is 0 Å². The van der Waals surface area contributed by atoms with Crippen LogP contribution in [0.5, 0.6) is 0 Å². The molecule has 3 rings (SSSR count). The second-order valence-electron chi connectivity index (χ2n) is 5.34. The van der Waals surface area contributed by atoms with Gasteiger partial charge in [-0.15, -0.1) is 0 Å². The minimum atomic E-state index is 0.783. The molecule has 1 N–H and O–H groups in total. The van der Waals surface area contributed by atoms with Crippen LogP contribution in [0.15, 0.2) is 42.7 Å². The van der Waals surface area contributed by atoms with Gasteiger partial charge < -0.3 is 9.88 Å². The first-order valence-corrected chi connectivity index (χ1v) is 6.73. The van der Waals surface area contributed by atoms with Crippen LogP contribution in [0, 0.1) is 6.92 Å². The van der Waals surface area contributed by atoms with Crippen molar-refractivity contribution < 1.29 is 0 Å². The number of hydrogen-bond donors (Lipinski definition) is 1. The van der Waals surface area contributed by atoms with E-state index in [1.807, 2.05) is 0 Å². The molecule has 0 saturated heterocycles. The van der Waals surface area contributed by atoms with Gasteiger partial charge in [0.1, 0.15) is 0 Å². The van der Waals surface area contributed by atoms with Gasteiger partial charge in [-0.05, 0) is 37.0 Å². The van der Waals surface area contributed by atoms with Crippen LogP contribution in [0.25, 0.3) is 0 Å². The molecular formula is C16H20N2. The quantitative estimate of drug-likeness (QED) is 0.849. The van der Waals surface area contributed by atoms with Crippen LogP contribution in [-0.4, -0.2) is 10.6 Å². The van der Waals surface area contributed by atoms with E-state index in [-0.39, 0.29) is 0 Å². The number of benzene rings is 1. The highest BCUT2D eigenvalue weighted by Gasteiger charge is 2.19. The monoisotopic (exact) mass is 240 g/mol. The Bertz CT molecular complexity index is 523. The SMILES string of the molecule is Cc1cccc(Cn2ccc(CNC3CC3)c2)c1. The largest absolute Gasteiger partial charge is 0.350 e. The Labute approximate surface area is 109 Å². The van der Waals surface area contributed by atoms with E-state index in [1.54, 1.807) is 0 Å². The number of nitrogens with zero attached hydrogens (tertiary/aromatic N) is 1. The van der Waals surface area contributed by atoms with Gasteiger partial charge in [-0.3, -0.25) is 0 Å². The van der Waals surface area contributed by atoms with Crippen LogP contribution in [0.3, 0.4) is 0 Å². The maximum Gasteiger partial charge on any atom is 0.0470 e. The molecule has 1 fully saturated rings. The lowest BCUT2D eigenvalue weighted by Crippen LogP contribution is -2.14. The Morgan fingerprint density at radius 3 is 2.89 bits per heavy atom. The maximum atomic E-state index is 3.55. The van der Waals surface area contributed by atoms with Crippen LogP contribution in [0.1, 0.15) is 29.5 Å². The molecule has 0 radical (unpaired) electrons. The number of hydrogen-bond acceptors (Lipinski definition) is 1. The van der Waals surface area contributed by atoms with E-state index in [9.17, 15) is 0 Å². The van der Waals surface area contributed by atoms with Gasteiger partial charge >= 0.3 is 0 Å². The molecule has 2 nitrogen and oxygen atoms in total. The van der Waals surface area contributed by atoms with Gasteiger partial charge in [-0.2, -0.15) is 0 Å². The van der Waals surface area contributed by atoms with Crippen molar-refractivity contribution in [3.63, 3.8) is 0 Å². The Morgan fingerprint density at radius 2 is 2.11 bits per heavy atom. The summed E-state index contributed by atoms with van der Waals surface area (Å²) in [6, 6.07) is 11.7. The van der Waals surface area contributed by atoms with Gasteiger partial charge in [0.05, 0.1) is 0 Å². The standard InChI is InChI=1S/C16H20N2/c1-13-3-2-4-14(9-13)11-18-8-7-15(12-18)10-17-16-5-6-16/h2-4,7-9,12,16-17H,5-6,10-11H2,1H3. The highest BCUT2D eigenvalue weighted by molar-refractivity contribution is 5.23. The van der Waals surface area contributed by atoms with Crippen LogP contribution >= 0.6 is 0 Å². The molecule has 1 aromatic carbocycles. The van der Waals surface area contributed by atoms with E-state index in [2.05, 4.69) is 59.5 Å². The lowest BCUT2D eigenvalue weighted by molar-refractivity contribution is 0.685. The highest BCUT2D eigenvalue weighted by atomic mass is 15.0. The van der Waals surface area contributed by atoms with Crippen molar-refractivity contribution in [2.24, 2.45) is 0 Å². The van der Waals surface area contributed by atoms with E-state index in [0.29, 0.717) is 0 Å². The Kier molecular flexibility index (Phi) is 3.20. The van der Waals surface area contributed by atoms with E-state index < -0.39 is 0 Å². The molecule has 1 saturated carbocycles. The minimum absolute atomic E-state index is 0.783. The summed E-state index contributed by atoms with van der Waals surface area (Å²) in [5.74, 6) is 0. The zero-order chi connectivity index (χ0) is 12.4. The summed E-state index contributed by atoms with van der Waals surface area (Å²) >= 11 is 0. The van der Waals surface area contributed by atoms with Crippen LogP contribution < -0.4 is 5.32 Å². The van der Waals surface area contributed by atoms with Gasteiger partial charge in [-0.25, -0.2) is 0 Å². The molecular weight excluding hydrogens is 220 g/mol. The second-order valence-corrected chi connectivity index (χ2v) is 5.34. The fourth-order valence-electron chi connectivity index (χ4n) is 2.26. The third kappa shape index (κ3) is 3.02. The number of aryl methyl sites for hydroxylation is 1. The summed E-state index contributed by atoms with van der Waals surface area (Å²) in [4.78, 5) is 0. The molecule has 0 unspecified atom stereocenters. The van der Waals surface area contributed by atoms with Crippen molar-refractivity contribution >= 4 is 0 Å². The lowest BCUT2D eigenvalue weighted by atomic mass is 10.1. The van der Waals surface area contributed by atoms with E-state index >= 15 is 0 Å². The van der Waals surface area contributed by atoms with Crippen molar-refractivity contribution in [2.75, 3.05) is 0 Å². The molecule has 0 spiro atoms. The fourth-order valence-corrected chi connectivity index (χ4v) is 2.26. The summed E-state index contributed by atoms with van der Waals surface area (Å²) in [5, 5.41) is 3.55. The normalized spacial score (nSPS) is 14.9. The van der Waals surface area contributed by atoms with E-state index in [1.165, 1.54) is 29.5 Å². The molecule has 0 amide bonds. The summed E-state index contributed by atoms with van der Waals surface area (Å²) in [5.41, 5.74) is 4.08. The highest BCUT2D eigenvalue weighted by Crippen LogP contribution is 2.19. The predicted molar refractivity (Wildman–Crippen MR) is 74.6 cm³/mol. The average Bonchev–Trinajstić information content (AvgIpc) is 3.08. The molecule has 1 aliphatic carbocycles. The molecule has 1 aliphatic rings. The van der Waals surface area contributed by atoms with Crippen LogP contribution in [0.4, 0.5) is 0 Å². The smallest absolute Gasteiger partial charge is 0.0470 e. The van der Waals surface area contributed by atoms with Crippen molar-refractivity contribution in [2.45, 2.75) is 38.9 Å². The molecule has 1 heterocycles. The van der Waals surface area contributed by atoms with Gasteiger partial charge in [-0.1, -0.05) is 29.8 Å². The Hall–Kier alpha value is -1.54. The van der Waals surface area contributed by atoms with Gasteiger partial charge in [0.25, 0.3) is 0 Å². The summed E-state index contributed by atoms with van der Waals surface area (Å²) in [6.07, 6.45) is 7.12. The predicted octanol–water partition coefficient (Wildman–Crippen LogP) is 3.10. The Morgan fingerprint density at radius 1 is 1.22 bits per heavy atom. The molecule has 0 aliphatic heterocycles. The third-order valence-electron chi connectivity index (χ3n) is 3.43. The first-order chi connectivity index (χ1) is 8.79. The van der Waals surface area contributed by atoms with E-state index in [0.717, 1.165) is 19.1 Å². The lowest BCUT2D eigenvalue weighted by Gasteiger charge is -2.04. The minimum Gasteiger partial charge on any atom is -0.350 e. The first kappa shape index (κ1) is 11.5. The van der Waals surface area contributed by atoms with Gasteiger partial charge in [0.15, 0.2) is 0 Å². The number of nitrogens with one attached hydrogen (secondary N) is 1. The zero-order valence-electron chi connectivity index (χ0n) is 10.9. The fraction of sp³-hybridized carbons (Fsp3) is 0.375. The first-order valence-electron chi connectivity index (χ1n) is 6.73. The molecule has 2 aromatic rings. The number of aromatic nitrogens is 1. The molecule has 0 bridgehead atoms. The van der Waals surface area contributed by atoms with Gasteiger partial charge in [0, 0.05) is 31.5 Å². The van der Waals surface area contributed by atoms with E-state index in [4.69, 9.17) is 0 Å².